The Bertz CT molecular complexity index is 1220. The number of hydrogen-bond donors (Lipinski definition) is 0. The van der Waals surface area contributed by atoms with Crippen LogP contribution < -0.4 is 0 Å². The molecule has 0 saturated carbocycles. The monoisotopic (exact) mass is 344 g/mol. The van der Waals surface area contributed by atoms with E-state index in [0.717, 1.165) is 44.5 Å². The SMILES string of the molecule is Cc1cccc(-c2c(-c3ccc4ncccc4n3)nc3scnn23)n1. The number of imidazole rings is 1. The minimum atomic E-state index is 0.781. The van der Waals surface area contributed by atoms with Gasteiger partial charge in [-0.3, -0.25) is 9.97 Å². The van der Waals surface area contributed by atoms with E-state index in [9.17, 15) is 0 Å². The van der Waals surface area contributed by atoms with Crippen LogP contribution in [0.25, 0.3) is 38.8 Å². The van der Waals surface area contributed by atoms with Crippen molar-refractivity contribution in [2.24, 2.45) is 0 Å². The summed E-state index contributed by atoms with van der Waals surface area (Å²) in [4.78, 5) is 19.3. The molecule has 0 saturated heterocycles. The first-order valence-electron chi connectivity index (χ1n) is 7.78. The van der Waals surface area contributed by atoms with Gasteiger partial charge in [-0.15, -0.1) is 0 Å². The third-order valence-electron chi connectivity index (χ3n) is 3.98. The molecule has 5 aromatic rings. The van der Waals surface area contributed by atoms with Crippen molar-refractivity contribution in [1.82, 2.24) is 29.5 Å². The maximum Gasteiger partial charge on any atom is 0.213 e. The molecular formula is C18H12N6S. The molecule has 0 fully saturated rings. The highest BCUT2D eigenvalue weighted by atomic mass is 32.1. The predicted molar refractivity (Wildman–Crippen MR) is 97.4 cm³/mol. The van der Waals surface area contributed by atoms with Crippen LogP contribution in [-0.2, 0) is 0 Å². The Hall–Kier alpha value is -3.19. The molecule has 0 aromatic carbocycles. The van der Waals surface area contributed by atoms with E-state index in [-0.39, 0.29) is 0 Å². The van der Waals surface area contributed by atoms with Gasteiger partial charge in [0.05, 0.1) is 22.4 Å². The Morgan fingerprint density at radius 2 is 1.84 bits per heavy atom. The van der Waals surface area contributed by atoms with Crippen molar-refractivity contribution in [2.45, 2.75) is 6.92 Å². The molecule has 0 unspecified atom stereocenters. The van der Waals surface area contributed by atoms with Gasteiger partial charge in [-0.1, -0.05) is 17.4 Å². The molecular weight excluding hydrogens is 332 g/mol. The lowest BCUT2D eigenvalue weighted by molar-refractivity contribution is 0.972. The molecule has 0 radical (unpaired) electrons. The van der Waals surface area contributed by atoms with Gasteiger partial charge in [0.25, 0.3) is 0 Å². The fraction of sp³-hybridized carbons (Fsp3) is 0.0556. The van der Waals surface area contributed by atoms with Gasteiger partial charge in [0.1, 0.15) is 16.9 Å². The second-order valence-corrected chi connectivity index (χ2v) is 6.46. The van der Waals surface area contributed by atoms with Crippen molar-refractivity contribution in [3.63, 3.8) is 0 Å². The Morgan fingerprint density at radius 3 is 2.76 bits per heavy atom. The summed E-state index contributed by atoms with van der Waals surface area (Å²) in [5, 5.41) is 4.43. The average Bonchev–Trinajstić information content (AvgIpc) is 3.22. The van der Waals surface area contributed by atoms with E-state index in [2.05, 4.69) is 15.1 Å². The second-order valence-electron chi connectivity index (χ2n) is 5.64. The van der Waals surface area contributed by atoms with Gasteiger partial charge in [-0.2, -0.15) is 5.10 Å². The number of hydrogen-bond acceptors (Lipinski definition) is 6. The fourth-order valence-corrected chi connectivity index (χ4v) is 3.48. The number of aryl methyl sites for hydroxylation is 1. The van der Waals surface area contributed by atoms with Gasteiger partial charge in [0.2, 0.25) is 4.96 Å². The summed E-state index contributed by atoms with van der Waals surface area (Å²) >= 11 is 1.49. The first-order valence-corrected chi connectivity index (χ1v) is 8.66. The van der Waals surface area contributed by atoms with Crippen molar-refractivity contribution in [2.75, 3.05) is 0 Å². The van der Waals surface area contributed by atoms with Crippen LogP contribution in [0.3, 0.4) is 0 Å². The van der Waals surface area contributed by atoms with Gasteiger partial charge in [0.15, 0.2) is 0 Å². The average molecular weight is 344 g/mol. The predicted octanol–water partition coefficient (Wildman–Crippen LogP) is 3.77. The van der Waals surface area contributed by atoms with Gasteiger partial charge in [-0.05, 0) is 43.3 Å². The zero-order chi connectivity index (χ0) is 16.8. The van der Waals surface area contributed by atoms with Crippen LogP contribution in [0, 0.1) is 6.92 Å². The molecule has 5 heterocycles. The highest BCUT2D eigenvalue weighted by molar-refractivity contribution is 7.14. The van der Waals surface area contributed by atoms with Crippen LogP contribution in [-0.4, -0.2) is 29.5 Å². The van der Waals surface area contributed by atoms with E-state index in [4.69, 9.17) is 9.97 Å². The van der Waals surface area contributed by atoms with Crippen LogP contribution >= 0.6 is 11.3 Å². The Labute approximate surface area is 146 Å². The molecule has 5 rings (SSSR count). The number of aromatic nitrogens is 6. The lowest BCUT2D eigenvalue weighted by Crippen LogP contribution is -1.95. The van der Waals surface area contributed by atoms with E-state index >= 15 is 0 Å². The summed E-state index contributed by atoms with van der Waals surface area (Å²) in [6, 6.07) is 13.7. The molecule has 0 N–H and O–H groups in total. The highest BCUT2D eigenvalue weighted by Gasteiger charge is 2.20. The summed E-state index contributed by atoms with van der Waals surface area (Å²) in [5.41, 5.74) is 7.69. The quantitative estimate of drug-likeness (QED) is 0.487. The number of pyridine rings is 3. The van der Waals surface area contributed by atoms with Crippen molar-refractivity contribution in [3.8, 4) is 22.8 Å². The molecule has 0 amide bonds. The highest BCUT2D eigenvalue weighted by Crippen LogP contribution is 2.32. The summed E-state index contributed by atoms with van der Waals surface area (Å²) in [6.45, 7) is 1.97. The summed E-state index contributed by atoms with van der Waals surface area (Å²) in [6.07, 6.45) is 1.77. The first kappa shape index (κ1) is 14.2. The Kier molecular flexibility index (Phi) is 3.07. The van der Waals surface area contributed by atoms with E-state index in [0.29, 0.717) is 0 Å². The minimum absolute atomic E-state index is 0.781. The molecule has 120 valence electrons. The third kappa shape index (κ3) is 2.28. The lowest BCUT2D eigenvalue weighted by atomic mass is 10.1. The van der Waals surface area contributed by atoms with Crippen LogP contribution in [0.4, 0.5) is 0 Å². The summed E-state index contributed by atoms with van der Waals surface area (Å²) < 4.78 is 1.83. The third-order valence-corrected chi connectivity index (χ3v) is 4.65. The normalized spacial score (nSPS) is 11.4. The van der Waals surface area contributed by atoms with Crippen molar-refractivity contribution >= 4 is 27.3 Å². The molecule has 0 bridgehead atoms. The molecule has 6 nitrogen and oxygen atoms in total. The number of rotatable bonds is 2. The van der Waals surface area contributed by atoms with E-state index in [1.165, 1.54) is 11.3 Å². The lowest BCUT2D eigenvalue weighted by Gasteiger charge is -2.05. The number of fused-ring (bicyclic) bond motifs is 2. The van der Waals surface area contributed by atoms with E-state index in [1.807, 2.05) is 53.9 Å². The molecule has 0 aliphatic carbocycles. The molecule has 0 atom stereocenters. The molecule has 7 heteroatoms. The Balaban J connectivity index is 1.80. The standard InChI is InChI=1S/C18H12N6S/c1-11-4-2-5-15(21-11)17-16(23-18-24(17)20-10-25-18)14-8-7-12-13(22-14)6-3-9-19-12/h2-10H,1H3. The molecule has 0 aliphatic heterocycles. The smallest absolute Gasteiger partial charge is 0.213 e. The molecule has 0 spiro atoms. The van der Waals surface area contributed by atoms with Gasteiger partial charge in [0, 0.05) is 11.9 Å². The Morgan fingerprint density at radius 1 is 0.880 bits per heavy atom. The number of nitrogens with zero attached hydrogens (tertiary/aromatic N) is 6. The van der Waals surface area contributed by atoms with Crippen LogP contribution in [0.1, 0.15) is 5.69 Å². The van der Waals surface area contributed by atoms with Crippen LogP contribution in [0.15, 0.2) is 54.2 Å². The van der Waals surface area contributed by atoms with Crippen molar-refractivity contribution < 1.29 is 0 Å². The largest absolute Gasteiger partial charge is 0.255 e. The van der Waals surface area contributed by atoms with Gasteiger partial charge < -0.3 is 0 Å². The zero-order valence-electron chi connectivity index (χ0n) is 13.3. The summed E-state index contributed by atoms with van der Waals surface area (Å²) in [7, 11) is 0. The van der Waals surface area contributed by atoms with Crippen molar-refractivity contribution in [3.05, 3.63) is 59.9 Å². The summed E-state index contributed by atoms with van der Waals surface area (Å²) in [5.74, 6) is 0. The maximum absolute atomic E-state index is 4.75. The first-order chi connectivity index (χ1) is 12.3. The van der Waals surface area contributed by atoms with Crippen LogP contribution in [0.2, 0.25) is 0 Å². The van der Waals surface area contributed by atoms with Crippen molar-refractivity contribution in [1.29, 1.82) is 0 Å². The van der Waals surface area contributed by atoms with Gasteiger partial charge >= 0.3 is 0 Å². The fourth-order valence-electron chi connectivity index (χ4n) is 2.87. The molecule has 5 aromatic heterocycles. The molecule has 25 heavy (non-hydrogen) atoms. The topological polar surface area (TPSA) is 68.9 Å². The zero-order valence-corrected chi connectivity index (χ0v) is 14.1. The van der Waals surface area contributed by atoms with E-state index < -0.39 is 0 Å². The van der Waals surface area contributed by atoms with Gasteiger partial charge in [-0.25, -0.2) is 14.5 Å². The van der Waals surface area contributed by atoms with Crippen LogP contribution in [0.5, 0.6) is 0 Å². The minimum Gasteiger partial charge on any atom is -0.255 e. The van der Waals surface area contributed by atoms with E-state index in [1.54, 1.807) is 11.7 Å². The maximum atomic E-state index is 4.75. The molecule has 0 aliphatic rings. The second kappa shape index (κ2) is 5.42.